The van der Waals surface area contributed by atoms with E-state index in [0.717, 1.165) is 21.3 Å². The average Bonchev–Trinajstić information content (AvgIpc) is 3.36. The van der Waals surface area contributed by atoms with Gasteiger partial charge in [-0.25, -0.2) is 4.98 Å². The van der Waals surface area contributed by atoms with Gasteiger partial charge in [0, 0.05) is 35.3 Å². The number of carbonyl (C=O) groups is 1. The molecule has 1 amide bonds. The molecule has 0 saturated heterocycles. The highest BCUT2D eigenvalue weighted by molar-refractivity contribution is 7.23. The van der Waals surface area contributed by atoms with Crippen LogP contribution in [0.15, 0.2) is 42.5 Å². The maximum atomic E-state index is 13.5. The van der Waals surface area contributed by atoms with Gasteiger partial charge in [-0.3, -0.25) is 19.8 Å². The fourth-order valence-corrected chi connectivity index (χ4v) is 5.30. The Bertz CT molecular complexity index is 1280. The predicted octanol–water partition coefficient (Wildman–Crippen LogP) is 5.61. The molecule has 0 atom stereocenters. The maximum absolute atomic E-state index is 13.5. The zero-order chi connectivity index (χ0) is 22.1. The third-order valence-corrected chi connectivity index (χ3v) is 7.16. The van der Waals surface area contributed by atoms with Gasteiger partial charge in [0.1, 0.15) is 0 Å². The van der Waals surface area contributed by atoms with E-state index in [0.29, 0.717) is 28.5 Å². The number of thiazole rings is 1. The van der Waals surface area contributed by atoms with Crippen LogP contribution < -0.4 is 4.90 Å². The van der Waals surface area contributed by atoms with Crippen molar-refractivity contribution < 1.29 is 9.72 Å². The number of benzene rings is 2. The Hall–Kier alpha value is -2.59. The van der Waals surface area contributed by atoms with E-state index in [2.05, 4.69) is 19.1 Å². The largest absolute Gasteiger partial charge is 0.308 e. The normalized spacial score (nSPS) is 11.1. The van der Waals surface area contributed by atoms with Gasteiger partial charge in [0.25, 0.3) is 11.6 Å². The second-order valence-electron chi connectivity index (χ2n) is 7.50. The summed E-state index contributed by atoms with van der Waals surface area (Å²) in [6.07, 6.45) is 0.945. The average molecular weight is 491 g/mol. The van der Waals surface area contributed by atoms with Gasteiger partial charge in [0.2, 0.25) is 0 Å². The number of anilines is 1. The topological polar surface area (TPSA) is 79.6 Å². The van der Waals surface area contributed by atoms with Crippen LogP contribution in [0.25, 0.3) is 20.3 Å². The number of likely N-dealkylation sites (N-methyl/N-ethyl adjacent to an activating group) is 1. The second-order valence-corrected chi connectivity index (χ2v) is 9.59. The quantitative estimate of drug-likeness (QED) is 0.248. The van der Waals surface area contributed by atoms with Crippen LogP contribution in [0.2, 0.25) is 0 Å². The number of nitro groups is 1. The lowest BCUT2D eigenvalue weighted by Gasteiger charge is -2.21. The van der Waals surface area contributed by atoms with Gasteiger partial charge in [-0.05, 0) is 50.3 Å². The Labute approximate surface area is 199 Å². The SMILES string of the molecule is CCc1ccc2nc(N(CCN(C)C)C(=O)c3cc4cc([N+](=O)[O-])ccc4s3)sc2c1.Cl. The first-order valence-corrected chi connectivity index (χ1v) is 11.5. The van der Waals surface area contributed by atoms with Gasteiger partial charge in [0.05, 0.1) is 20.0 Å². The summed E-state index contributed by atoms with van der Waals surface area (Å²) in [7, 11) is 3.93. The lowest BCUT2D eigenvalue weighted by molar-refractivity contribution is -0.384. The Morgan fingerprint density at radius 1 is 1.06 bits per heavy atom. The molecule has 32 heavy (non-hydrogen) atoms. The third-order valence-electron chi connectivity index (χ3n) is 5.02. The molecule has 2 heterocycles. The Kier molecular flexibility index (Phi) is 7.45. The van der Waals surface area contributed by atoms with Crippen LogP contribution in [0.4, 0.5) is 10.8 Å². The predicted molar refractivity (Wildman–Crippen MR) is 135 cm³/mol. The first kappa shape index (κ1) is 24.1. The number of non-ortho nitro benzene ring substituents is 1. The summed E-state index contributed by atoms with van der Waals surface area (Å²) in [5.41, 5.74) is 2.14. The summed E-state index contributed by atoms with van der Waals surface area (Å²) >= 11 is 2.86. The highest BCUT2D eigenvalue weighted by atomic mass is 35.5. The molecule has 0 bridgehead atoms. The number of aromatic nitrogens is 1. The van der Waals surface area contributed by atoms with Crippen LogP contribution in [-0.2, 0) is 6.42 Å². The maximum Gasteiger partial charge on any atom is 0.270 e. The minimum atomic E-state index is -0.423. The summed E-state index contributed by atoms with van der Waals surface area (Å²) in [6, 6.07) is 12.6. The smallest absolute Gasteiger partial charge is 0.270 e. The third kappa shape index (κ3) is 4.91. The molecule has 0 unspecified atom stereocenters. The number of halogens is 1. The highest BCUT2D eigenvalue weighted by Crippen LogP contribution is 2.34. The van der Waals surface area contributed by atoms with Crippen LogP contribution in [0, 0.1) is 10.1 Å². The molecule has 0 spiro atoms. The van der Waals surface area contributed by atoms with E-state index in [1.807, 2.05) is 25.1 Å². The van der Waals surface area contributed by atoms with Gasteiger partial charge in [0.15, 0.2) is 5.13 Å². The molecule has 0 aliphatic heterocycles. The number of nitrogens with zero attached hydrogens (tertiary/aromatic N) is 4. The van der Waals surface area contributed by atoms with E-state index >= 15 is 0 Å². The van der Waals surface area contributed by atoms with Gasteiger partial charge >= 0.3 is 0 Å². The lowest BCUT2D eigenvalue weighted by Crippen LogP contribution is -2.36. The van der Waals surface area contributed by atoms with E-state index in [-0.39, 0.29) is 24.0 Å². The van der Waals surface area contributed by atoms with Gasteiger partial charge in [-0.1, -0.05) is 24.3 Å². The van der Waals surface area contributed by atoms with Crippen LogP contribution in [0.5, 0.6) is 0 Å². The molecular formula is C22H23ClN4O3S2. The van der Waals surface area contributed by atoms with Crippen molar-refractivity contribution in [1.29, 1.82) is 0 Å². The van der Waals surface area contributed by atoms with Gasteiger partial charge in [-0.2, -0.15) is 0 Å². The minimum absolute atomic E-state index is 0. The van der Waals surface area contributed by atoms with Crippen LogP contribution >= 0.6 is 35.1 Å². The number of amides is 1. The molecule has 0 saturated carbocycles. The molecule has 168 valence electrons. The van der Waals surface area contributed by atoms with E-state index < -0.39 is 4.92 Å². The zero-order valence-electron chi connectivity index (χ0n) is 17.9. The molecule has 7 nitrogen and oxygen atoms in total. The van der Waals surface area contributed by atoms with Crippen LogP contribution in [0.3, 0.4) is 0 Å². The number of aryl methyl sites for hydroxylation is 1. The number of thiophene rings is 1. The molecule has 0 fully saturated rings. The monoisotopic (exact) mass is 490 g/mol. The Morgan fingerprint density at radius 3 is 2.53 bits per heavy atom. The number of nitro benzene ring substituents is 1. The number of hydrogen-bond donors (Lipinski definition) is 0. The number of hydrogen-bond acceptors (Lipinski definition) is 7. The van der Waals surface area contributed by atoms with Crippen molar-refractivity contribution in [1.82, 2.24) is 9.88 Å². The van der Waals surface area contributed by atoms with E-state index in [1.54, 1.807) is 17.0 Å². The molecule has 0 radical (unpaired) electrons. The van der Waals surface area contributed by atoms with Crippen molar-refractivity contribution in [3.63, 3.8) is 0 Å². The number of carbonyl (C=O) groups excluding carboxylic acids is 1. The summed E-state index contributed by atoms with van der Waals surface area (Å²) in [5, 5.41) is 12.4. The van der Waals surface area contributed by atoms with Crippen molar-refractivity contribution >= 4 is 72.1 Å². The fourth-order valence-electron chi connectivity index (χ4n) is 3.26. The molecule has 0 aliphatic carbocycles. The summed E-state index contributed by atoms with van der Waals surface area (Å²) in [4.78, 5) is 33.2. The van der Waals surface area contributed by atoms with Crippen LogP contribution in [-0.4, -0.2) is 47.9 Å². The number of rotatable bonds is 7. The van der Waals surface area contributed by atoms with Crippen molar-refractivity contribution in [3.05, 3.63) is 63.0 Å². The standard InChI is InChI=1S/C22H22N4O3S2.ClH/c1-4-14-5-7-17-19(11-14)31-22(23-17)25(10-9-24(2)3)21(27)20-13-15-12-16(26(28)29)6-8-18(15)30-20;/h5-8,11-13H,4,9-10H2,1-3H3;1H. The number of fused-ring (bicyclic) bond motifs is 2. The molecular weight excluding hydrogens is 468 g/mol. The second kappa shape index (κ2) is 9.91. The molecule has 10 heteroatoms. The fraction of sp³-hybridized carbons (Fsp3) is 0.273. The summed E-state index contributed by atoms with van der Waals surface area (Å²) < 4.78 is 1.90. The molecule has 2 aromatic carbocycles. The molecule has 4 rings (SSSR count). The van der Waals surface area contributed by atoms with E-state index in [4.69, 9.17) is 4.98 Å². The zero-order valence-corrected chi connectivity index (χ0v) is 20.4. The molecule has 2 aromatic heterocycles. The summed E-state index contributed by atoms with van der Waals surface area (Å²) in [6.45, 7) is 3.31. The Morgan fingerprint density at radius 2 is 1.84 bits per heavy atom. The van der Waals surface area contributed by atoms with E-state index in [9.17, 15) is 14.9 Å². The first-order valence-electron chi connectivity index (χ1n) is 9.89. The minimum Gasteiger partial charge on any atom is -0.308 e. The molecule has 0 aliphatic rings. The van der Waals surface area contributed by atoms with Crippen molar-refractivity contribution in [2.24, 2.45) is 0 Å². The first-order chi connectivity index (χ1) is 14.9. The lowest BCUT2D eigenvalue weighted by atomic mass is 10.2. The molecule has 4 aromatic rings. The Balaban J connectivity index is 0.00000289. The van der Waals surface area contributed by atoms with E-state index in [1.165, 1.54) is 40.4 Å². The highest BCUT2D eigenvalue weighted by Gasteiger charge is 2.23. The van der Waals surface area contributed by atoms with Crippen molar-refractivity contribution in [2.45, 2.75) is 13.3 Å². The summed E-state index contributed by atoms with van der Waals surface area (Å²) in [5.74, 6) is -0.138. The van der Waals surface area contributed by atoms with Crippen LogP contribution in [0.1, 0.15) is 22.2 Å². The van der Waals surface area contributed by atoms with Crippen molar-refractivity contribution in [3.8, 4) is 0 Å². The van der Waals surface area contributed by atoms with Gasteiger partial charge in [-0.15, -0.1) is 23.7 Å². The van der Waals surface area contributed by atoms with Crippen molar-refractivity contribution in [2.75, 3.05) is 32.1 Å². The molecule has 0 N–H and O–H groups in total. The van der Waals surface area contributed by atoms with Gasteiger partial charge < -0.3 is 4.90 Å².